The molecule has 0 saturated carbocycles. The summed E-state index contributed by atoms with van der Waals surface area (Å²) in [5, 5.41) is 9.60. The van der Waals surface area contributed by atoms with Gasteiger partial charge in [0.15, 0.2) is 0 Å². The van der Waals surface area contributed by atoms with Gasteiger partial charge >= 0.3 is 6.61 Å². The van der Waals surface area contributed by atoms with Gasteiger partial charge in [-0.05, 0) is 19.2 Å². The molecule has 6 nitrogen and oxygen atoms in total. The highest BCUT2D eigenvalue weighted by Gasteiger charge is 2.19. The zero-order valence-corrected chi connectivity index (χ0v) is 12.8. The monoisotopic (exact) mass is 324 g/mol. The van der Waals surface area contributed by atoms with E-state index in [1.807, 2.05) is 0 Å². The highest BCUT2D eigenvalue weighted by Crippen LogP contribution is 2.26. The third kappa shape index (κ3) is 4.26. The number of benzene rings is 1. The number of hydrogen-bond acceptors (Lipinski definition) is 4. The summed E-state index contributed by atoms with van der Waals surface area (Å²) in [6, 6.07) is 6.12. The van der Waals surface area contributed by atoms with Crippen LogP contribution < -0.4 is 10.1 Å². The quantitative estimate of drug-likeness (QED) is 0.817. The summed E-state index contributed by atoms with van der Waals surface area (Å²) in [5.74, 6) is -0.182. The zero-order chi connectivity index (χ0) is 16.8. The maximum absolute atomic E-state index is 12.5. The van der Waals surface area contributed by atoms with E-state index in [9.17, 15) is 13.6 Å². The maximum atomic E-state index is 12.5. The fourth-order valence-electron chi connectivity index (χ4n) is 2.08. The molecule has 0 radical (unpaired) electrons. The van der Waals surface area contributed by atoms with E-state index in [0.717, 1.165) is 0 Å². The summed E-state index contributed by atoms with van der Waals surface area (Å²) in [5.41, 5.74) is 1.38. The number of ether oxygens (including phenoxy) is 1. The number of carbonyl (C=O) groups excluding carboxylic acids is 1. The van der Waals surface area contributed by atoms with Gasteiger partial charge in [-0.25, -0.2) is 0 Å². The van der Waals surface area contributed by atoms with Crippen LogP contribution in [0.25, 0.3) is 11.3 Å². The normalized spacial score (nSPS) is 10.8. The average molecular weight is 324 g/mol. The number of nitrogens with one attached hydrogen (secondary N) is 2. The van der Waals surface area contributed by atoms with Gasteiger partial charge in [-0.15, -0.1) is 0 Å². The van der Waals surface area contributed by atoms with Gasteiger partial charge in [0.1, 0.15) is 5.75 Å². The molecule has 1 amide bonds. The Bertz CT molecular complexity index is 660. The molecule has 1 heterocycles. The van der Waals surface area contributed by atoms with Gasteiger partial charge in [-0.1, -0.05) is 12.1 Å². The molecule has 0 fully saturated rings. The Hall–Kier alpha value is -2.48. The number of likely N-dealkylation sites (N-methyl/N-ethyl adjacent to an activating group) is 2. The van der Waals surface area contributed by atoms with Crippen molar-refractivity contribution in [3.05, 3.63) is 36.0 Å². The highest BCUT2D eigenvalue weighted by molar-refractivity contribution is 5.99. The van der Waals surface area contributed by atoms with Gasteiger partial charge < -0.3 is 15.0 Å². The highest BCUT2D eigenvalue weighted by atomic mass is 19.3. The molecule has 8 heteroatoms. The molecule has 0 bridgehead atoms. The minimum Gasteiger partial charge on any atom is -0.435 e. The van der Waals surface area contributed by atoms with Crippen LogP contribution in [0.5, 0.6) is 5.75 Å². The van der Waals surface area contributed by atoms with Crippen LogP contribution in [0.15, 0.2) is 30.5 Å². The lowest BCUT2D eigenvalue weighted by molar-refractivity contribution is -0.0498. The number of carbonyl (C=O) groups is 1. The molecule has 23 heavy (non-hydrogen) atoms. The molecule has 0 aliphatic rings. The summed E-state index contributed by atoms with van der Waals surface area (Å²) < 4.78 is 29.0. The van der Waals surface area contributed by atoms with Crippen molar-refractivity contribution in [3.8, 4) is 17.0 Å². The molecule has 2 rings (SSSR count). The van der Waals surface area contributed by atoms with Crippen molar-refractivity contribution in [1.82, 2.24) is 20.4 Å². The molecule has 1 aromatic heterocycles. The Kier molecular flexibility index (Phi) is 5.64. The lowest BCUT2D eigenvalue weighted by atomic mass is 10.1. The van der Waals surface area contributed by atoms with Crippen LogP contribution >= 0.6 is 0 Å². The first kappa shape index (κ1) is 16.9. The number of aromatic amines is 1. The number of nitrogens with zero attached hydrogens (tertiary/aromatic N) is 2. The smallest absolute Gasteiger partial charge is 0.387 e. The second-order valence-corrected chi connectivity index (χ2v) is 4.90. The summed E-state index contributed by atoms with van der Waals surface area (Å²) in [6.45, 7) is -1.71. The molecule has 0 unspecified atom stereocenters. The Morgan fingerprint density at radius 3 is 2.96 bits per heavy atom. The predicted molar refractivity (Wildman–Crippen MR) is 81.5 cm³/mol. The largest absolute Gasteiger partial charge is 0.435 e. The fourth-order valence-corrected chi connectivity index (χ4v) is 2.08. The molecule has 2 aromatic rings. The molecule has 0 aliphatic heterocycles. The molecule has 124 valence electrons. The van der Waals surface area contributed by atoms with Crippen LogP contribution in [0.3, 0.4) is 0 Å². The Labute approximate surface area is 132 Å². The number of aromatic nitrogens is 2. The van der Waals surface area contributed by atoms with Crippen LogP contribution in [0, 0.1) is 0 Å². The fraction of sp³-hybridized carbons (Fsp3) is 0.333. The first-order valence-corrected chi connectivity index (χ1v) is 7.01. The van der Waals surface area contributed by atoms with Crippen molar-refractivity contribution < 1.29 is 18.3 Å². The van der Waals surface area contributed by atoms with Crippen molar-refractivity contribution >= 4 is 5.91 Å². The molecule has 0 saturated heterocycles. The number of hydrogen-bond donors (Lipinski definition) is 2. The first-order chi connectivity index (χ1) is 11.0. The van der Waals surface area contributed by atoms with Crippen LogP contribution in [0.2, 0.25) is 0 Å². The van der Waals surface area contributed by atoms with Gasteiger partial charge in [0, 0.05) is 25.7 Å². The topological polar surface area (TPSA) is 70.2 Å². The van der Waals surface area contributed by atoms with Gasteiger partial charge in [0.25, 0.3) is 5.91 Å². The molecular formula is C15H18F2N4O2. The van der Waals surface area contributed by atoms with Crippen molar-refractivity contribution in [3.63, 3.8) is 0 Å². The van der Waals surface area contributed by atoms with Crippen LogP contribution in [-0.4, -0.2) is 54.8 Å². The molecule has 1 aromatic carbocycles. The SMILES string of the molecule is CNCCN(C)C(=O)c1cn[nH]c1-c1cccc(OC(F)F)c1. The van der Waals surface area contributed by atoms with E-state index in [1.54, 1.807) is 31.1 Å². The molecule has 0 atom stereocenters. The predicted octanol–water partition coefficient (Wildman–Crippen LogP) is 1.97. The third-order valence-electron chi connectivity index (χ3n) is 3.26. The van der Waals surface area contributed by atoms with Crippen LogP contribution in [0.1, 0.15) is 10.4 Å². The number of halogens is 2. The Morgan fingerprint density at radius 2 is 2.26 bits per heavy atom. The zero-order valence-electron chi connectivity index (χ0n) is 12.8. The van der Waals surface area contributed by atoms with Crippen molar-refractivity contribution in [2.45, 2.75) is 6.61 Å². The van der Waals surface area contributed by atoms with E-state index in [0.29, 0.717) is 29.9 Å². The summed E-state index contributed by atoms with van der Waals surface area (Å²) >= 11 is 0. The lowest BCUT2D eigenvalue weighted by Crippen LogP contribution is -2.32. The standard InChI is InChI=1S/C15H18F2N4O2/c1-18-6-7-21(2)14(22)12-9-19-20-13(12)10-4-3-5-11(8-10)23-15(16)17/h3-5,8-9,15,18H,6-7H2,1-2H3,(H,19,20). The first-order valence-electron chi connectivity index (χ1n) is 7.01. The van der Waals surface area contributed by atoms with Gasteiger partial charge in [-0.3, -0.25) is 9.89 Å². The summed E-state index contributed by atoms with van der Waals surface area (Å²) in [7, 11) is 3.49. The number of amides is 1. The van der Waals surface area contributed by atoms with Crippen molar-refractivity contribution in [2.75, 3.05) is 27.2 Å². The average Bonchev–Trinajstić information content (AvgIpc) is 3.01. The Balaban J connectivity index is 2.25. The summed E-state index contributed by atoms with van der Waals surface area (Å²) in [6.07, 6.45) is 1.42. The molecule has 2 N–H and O–H groups in total. The third-order valence-corrected chi connectivity index (χ3v) is 3.26. The number of H-pyrrole nitrogens is 1. The van der Waals surface area contributed by atoms with Gasteiger partial charge in [0.05, 0.1) is 17.5 Å². The second-order valence-electron chi connectivity index (χ2n) is 4.90. The summed E-state index contributed by atoms with van der Waals surface area (Å²) in [4.78, 5) is 14.0. The molecule has 0 aliphatic carbocycles. The van der Waals surface area contributed by atoms with Crippen molar-refractivity contribution in [1.29, 1.82) is 0 Å². The molecular weight excluding hydrogens is 306 g/mol. The number of alkyl halides is 2. The number of rotatable bonds is 7. The lowest BCUT2D eigenvalue weighted by Gasteiger charge is -2.17. The minimum atomic E-state index is -2.90. The van der Waals surface area contributed by atoms with E-state index >= 15 is 0 Å². The Morgan fingerprint density at radius 1 is 1.48 bits per heavy atom. The van der Waals surface area contributed by atoms with E-state index in [2.05, 4.69) is 20.3 Å². The maximum Gasteiger partial charge on any atom is 0.387 e. The molecule has 0 spiro atoms. The second kappa shape index (κ2) is 7.68. The van der Waals surface area contributed by atoms with E-state index in [4.69, 9.17) is 0 Å². The van der Waals surface area contributed by atoms with Gasteiger partial charge in [0.2, 0.25) is 0 Å². The van der Waals surface area contributed by atoms with Gasteiger partial charge in [-0.2, -0.15) is 13.9 Å². The van der Waals surface area contributed by atoms with E-state index in [-0.39, 0.29) is 11.7 Å². The van der Waals surface area contributed by atoms with Crippen molar-refractivity contribution in [2.24, 2.45) is 0 Å². The van der Waals surface area contributed by atoms with Crippen LogP contribution in [0.4, 0.5) is 8.78 Å². The minimum absolute atomic E-state index is 0.0223. The van der Waals surface area contributed by atoms with E-state index < -0.39 is 6.61 Å². The van der Waals surface area contributed by atoms with E-state index in [1.165, 1.54) is 18.3 Å². The van der Waals surface area contributed by atoms with Crippen LogP contribution in [-0.2, 0) is 0 Å².